The molecule has 13 heteroatoms. The van der Waals surface area contributed by atoms with Gasteiger partial charge in [0, 0.05) is 78.2 Å². The van der Waals surface area contributed by atoms with Crippen molar-refractivity contribution < 1.29 is 29.0 Å². The van der Waals surface area contributed by atoms with Gasteiger partial charge in [-0.1, -0.05) is 26.8 Å². The Labute approximate surface area is 314 Å². The number of hydrogen-bond acceptors (Lipinski definition) is 10. The van der Waals surface area contributed by atoms with Crippen molar-refractivity contribution in [2.45, 2.75) is 85.0 Å². The molecular weight excluding hydrogens is 693 g/mol. The summed E-state index contributed by atoms with van der Waals surface area (Å²) in [4.78, 5) is 50.9. The van der Waals surface area contributed by atoms with E-state index < -0.39 is 23.5 Å². The van der Waals surface area contributed by atoms with Gasteiger partial charge < -0.3 is 24.5 Å². The Hall–Kier alpha value is -4.17. The number of nitrogens with zero attached hydrogens (tertiary/aromatic N) is 4. The van der Waals surface area contributed by atoms with Crippen LogP contribution >= 0.6 is 11.3 Å². The smallest absolute Gasteiger partial charge is 0.324 e. The van der Waals surface area contributed by atoms with E-state index in [0.717, 1.165) is 51.2 Å². The summed E-state index contributed by atoms with van der Waals surface area (Å²) in [6.07, 6.45) is 3.49. The predicted molar refractivity (Wildman–Crippen MR) is 203 cm³/mol. The maximum absolute atomic E-state index is 14.1. The van der Waals surface area contributed by atoms with Gasteiger partial charge in [0.05, 0.1) is 34.8 Å². The van der Waals surface area contributed by atoms with Crippen LogP contribution in [0.1, 0.15) is 69.8 Å². The van der Waals surface area contributed by atoms with Crippen LogP contribution in [0.15, 0.2) is 41.9 Å². The number of thiazole rings is 1. The lowest BCUT2D eigenvalue weighted by Gasteiger charge is -2.35. The van der Waals surface area contributed by atoms with Crippen LogP contribution in [-0.4, -0.2) is 81.4 Å². The van der Waals surface area contributed by atoms with Crippen LogP contribution in [0.4, 0.5) is 0 Å². The molecule has 53 heavy (non-hydrogen) atoms. The van der Waals surface area contributed by atoms with E-state index >= 15 is 0 Å². The number of aromatic nitrogens is 3. The first-order valence-electron chi connectivity index (χ1n) is 18.7. The zero-order valence-corrected chi connectivity index (χ0v) is 32.2. The molecule has 2 amide bonds. The Morgan fingerprint density at radius 2 is 2.08 bits per heavy atom. The third-order valence-corrected chi connectivity index (χ3v) is 12.1. The first-order valence-corrected chi connectivity index (χ1v) is 19.6. The van der Waals surface area contributed by atoms with Crippen LogP contribution in [0.5, 0.6) is 0 Å². The molecule has 2 fully saturated rings. The second-order valence-corrected chi connectivity index (χ2v) is 16.4. The molecule has 2 aliphatic heterocycles. The van der Waals surface area contributed by atoms with Crippen LogP contribution in [0.3, 0.4) is 0 Å². The number of aliphatic hydroxyl groups excluding tert-OH is 1. The number of aliphatic hydroxyl groups is 1. The summed E-state index contributed by atoms with van der Waals surface area (Å²) in [5, 5.41) is 18.0. The molecule has 3 N–H and O–H groups in total. The normalized spacial score (nSPS) is 25.1. The number of aryl methyl sites for hydroxylation is 1. The second-order valence-electron chi connectivity index (χ2n) is 15.5. The van der Waals surface area contributed by atoms with Gasteiger partial charge in [0.1, 0.15) is 12.1 Å². The summed E-state index contributed by atoms with van der Waals surface area (Å²) < 4.78 is 14.1. The standard InChI is InChI=1S/C40H50N6O6S/c1-7-45-32-13-12-24-16-26(32)27(36(45)25-10-8-14-41-35(25)23(3)51-6)18-40(4,5)21-52-39(50)29-11-9-15-46(44-29)38(49)30(17-33-42-31(24)20-53-33)43-37(48)34-22(2)28(34)19-47/h8,10,12-14,16,20,22-23,28-30,34,44,47H,7,9,11,15,17-19,21H2,1-6H3,(H,43,48)/t22-,23-,28+,29-,30-,34+/m0/s1. The average molecular weight is 743 g/mol. The van der Waals surface area contributed by atoms with E-state index in [1.54, 1.807) is 13.3 Å². The first-order chi connectivity index (χ1) is 25.4. The van der Waals surface area contributed by atoms with Gasteiger partial charge in [0.25, 0.3) is 5.91 Å². The summed E-state index contributed by atoms with van der Waals surface area (Å²) in [6.45, 7) is 11.5. The fourth-order valence-electron chi connectivity index (χ4n) is 8.09. The van der Waals surface area contributed by atoms with Crippen molar-refractivity contribution in [3.05, 3.63) is 58.2 Å². The van der Waals surface area contributed by atoms with Crippen molar-refractivity contribution in [2.24, 2.45) is 23.2 Å². The van der Waals surface area contributed by atoms with Crippen molar-refractivity contribution in [1.29, 1.82) is 0 Å². The highest BCUT2D eigenvalue weighted by Crippen LogP contribution is 2.46. The summed E-state index contributed by atoms with van der Waals surface area (Å²) >= 11 is 1.45. The third kappa shape index (κ3) is 7.24. The lowest BCUT2D eigenvalue weighted by molar-refractivity contribution is -0.155. The summed E-state index contributed by atoms with van der Waals surface area (Å²) in [7, 11) is 1.69. The Morgan fingerprint density at radius 1 is 1.26 bits per heavy atom. The van der Waals surface area contributed by atoms with E-state index in [1.165, 1.54) is 16.3 Å². The van der Waals surface area contributed by atoms with Gasteiger partial charge in [0.2, 0.25) is 5.91 Å². The molecule has 0 radical (unpaired) electrons. The minimum Gasteiger partial charge on any atom is -0.464 e. The van der Waals surface area contributed by atoms with E-state index in [9.17, 15) is 19.5 Å². The van der Waals surface area contributed by atoms with E-state index in [1.807, 2.05) is 25.3 Å². The largest absolute Gasteiger partial charge is 0.464 e. The second kappa shape index (κ2) is 14.9. The lowest BCUT2D eigenvalue weighted by Crippen LogP contribution is -2.60. The molecule has 0 spiro atoms. The molecule has 12 nitrogen and oxygen atoms in total. The minimum atomic E-state index is -0.910. The lowest BCUT2D eigenvalue weighted by atomic mass is 9.84. The monoisotopic (exact) mass is 742 g/mol. The van der Waals surface area contributed by atoms with Crippen molar-refractivity contribution >= 4 is 40.0 Å². The number of pyridine rings is 1. The molecule has 4 aromatic rings. The van der Waals surface area contributed by atoms with Crippen LogP contribution in [0.2, 0.25) is 0 Å². The Kier molecular flexibility index (Phi) is 10.5. The topological polar surface area (TPSA) is 148 Å². The molecule has 1 saturated heterocycles. The molecule has 7 rings (SSSR count). The fraction of sp³-hybridized carbons (Fsp3) is 0.525. The zero-order valence-electron chi connectivity index (χ0n) is 31.3. The first kappa shape index (κ1) is 37.2. The highest BCUT2D eigenvalue weighted by molar-refractivity contribution is 7.10. The number of carbonyl (C=O) groups excluding carboxylic acids is 3. The molecule has 0 unspecified atom stereocenters. The quantitative estimate of drug-likeness (QED) is 0.221. The molecule has 1 aromatic carbocycles. The molecule has 6 atom stereocenters. The number of cyclic esters (lactones) is 1. The summed E-state index contributed by atoms with van der Waals surface area (Å²) in [6, 6.07) is 8.86. The number of hydrogen-bond donors (Lipinski definition) is 3. The molecule has 6 bridgehead atoms. The molecule has 1 aliphatic carbocycles. The van der Waals surface area contributed by atoms with Gasteiger partial charge in [-0.05, 0) is 74.8 Å². The number of amides is 2. The average Bonchev–Trinajstić information content (AvgIpc) is 3.44. The van der Waals surface area contributed by atoms with Crippen molar-refractivity contribution in [3.8, 4) is 22.5 Å². The molecule has 3 aliphatic rings. The molecule has 1 saturated carbocycles. The number of ether oxygens (including phenoxy) is 2. The van der Waals surface area contributed by atoms with Crippen LogP contribution in [0, 0.1) is 23.2 Å². The predicted octanol–water partition coefficient (Wildman–Crippen LogP) is 5.08. The maximum atomic E-state index is 14.1. The SMILES string of the molecule is CCn1c(-c2cccnc2[C@H](C)OC)c2c3cc(ccc31)-c1csc(n1)C[C@H](NC(=O)[C@@H]1[C@@H](C)[C@H]1CO)C(=O)N1CCC[C@H](N1)C(=O)OCC(C)(C)C2. The third-order valence-electron chi connectivity index (χ3n) is 11.2. The molecule has 282 valence electrons. The van der Waals surface area contributed by atoms with E-state index in [0.29, 0.717) is 30.8 Å². The maximum Gasteiger partial charge on any atom is 0.324 e. The van der Waals surface area contributed by atoms with E-state index in [-0.39, 0.29) is 55.3 Å². The Morgan fingerprint density at radius 3 is 2.81 bits per heavy atom. The number of methoxy groups -OCH3 is 1. The fourth-order valence-corrected chi connectivity index (χ4v) is 8.94. The molecular formula is C40H50N6O6S. The number of esters is 1. The van der Waals surface area contributed by atoms with Gasteiger partial charge in [0.15, 0.2) is 0 Å². The number of rotatable bonds is 7. The minimum absolute atomic E-state index is 0.0355. The van der Waals surface area contributed by atoms with E-state index in [4.69, 9.17) is 19.4 Å². The summed E-state index contributed by atoms with van der Waals surface area (Å²) in [5.41, 5.74) is 9.51. The highest BCUT2D eigenvalue weighted by Gasteiger charge is 2.51. The van der Waals surface area contributed by atoms with Crippen LogP contribution < -0.4 is 10.7 Å². The number of benzene rings is 1. The van der Waals surface area contributed by atoms with Gasteiger partial charge >= 0.3 is 5.97 Å². The van der Waals surface area contributed by atoms with Crippen molar-refractivity contribution in [3.63, 3.8) is 0 Å². The molecule has 3 aromatic heterocycles. The Bertz CT molecular complexity index is 2020. The number of carbonyl (C=O) groups is 3. The number of hydrazine groups is 1. The van der Waals surface area contributed by atoms with Gasteiger partial charge in [-0.15, -0.1) is 11.3 Å². The van der Waals surface area contributed by atoms with Gasteiger partial charge in [-0.25, -0.2) is 10.4 Å². The van der Waals surface area contributed by atoms with Crippen LogP contribution in [0.25, 0.3) is 33.4 Å². The number of fused-ring (bicyclic) bond motifs is 6. The van der Waals surface area contributed by atoms with Crippen molar-refractivity contribution in [1.82, 2.24) is 30.3 Å². The zero-order chi connectivity index (χ0) is 37.6. The van der Waals surface area contributed by atoms with Crippen molar-refractivity contribution in [2.75, 3.05) is 26.9 Å². The van der Waals surface area contributed by atoms with Gasteiger partial charge in [-0.3, -0.25) is 24.4 Å². The summed E-state index contributed by atoms with van der Waals surface area (Å²) in [5.74, 6) is -1.44. The van der Waals surface area contributed by atoms with Gasteiger partial charge in [-0.2, -0.15) is 0 Å². The number of nitrogens with one attached hydrogen (secondary N) is 2. The van der Waals surface area contributed by atoms with E-state index in [2.05, 4.69) is 60.3 Å². The highest BCUT2D eigenvalue weighted by atomic mass is 32.1. The van der Waals surface area contributed by atoms with Crippen LogP contribution in [-0.2, 0) is 43.2 Å². The Balaban J connectivity index is 1.34. The molecule has 5 heterocycles.